The lowest BCUT2D eigenvalue weighted by atomic mass is 10.0. The molecule has 0 fully saturated rings. The standard InChI is InChI=1S/C23H21NO/c25-17-9-15-21-20-14-7-8-16-22(20)24(19-12-5-2-6-13-19)23(21)18-10-3-1-4-11-18/h1-8,10-14,16,25H,9,15,17H2. The highest BCUT2D eigenvalue weighted by molar-refractivity contribution is 5.93. The van der Waals surface area contributed by atoms with Gasteiger partial charge in [0.25, 0.3) is 0 Å². The van der Waals surface area contributed by atoms with E-state index in [0.29, 0.717) is 0 Å². The van der Waals surface area contributed by atoms with Crippen molar-refractivity contribution < 1.29 is 5.11 Å². The predicted octanol–water partition coefficient (Wildman–Crippen LogP) is 5.22. The van der Waals surface area contributed by atoms with Crippen LogP contribution in [0.2, 0.25) is 0 Å². The summed E-state index contributed by atoms with van der Waals surface area (Å²) < 4.78 is 2.34. The molecule has 2 heteroatoms. The Balaban J connectivity index is 2.08. The van der Waals surface area contributed by atoms with Gasteiger partial charge in [-0.2, -0.15) is 0 Å². The van der Waals surface area contributed by atoms with Gasteiger partial charge in [-0.25, -0.2) is 0 Å². The summed E-state index contributed by atoms with van der Waals surface area (Å²) in [6, 6.07) is 29.6. The second kappa shape index (κ2) is 6.96. The second-order valence-corrected chi connectivity index (χ2v) is 6.21. The number of aromatic nitrogens is 1. The number of fused-ring (bicyclic) bond motifs is 1. The summed E-state index contributed by atoms with van der Waals surface area (Å²) in [6.45, 7) is 0.207. The van der Waals surface area contributed by atoms with Crippen LogP contribution in [0.3, 0.4) is 0 Å². The van der Waals surface area contributed by atoms with Crippen molar-refractivity contribution in [3.63, 3.8) is 0 Å². The first-order valence-electron chi connectivity index (χ1n) is 8.74. The molecule has 0 atom stereocenters. The SMILES string of the molecule is OCCCc1c(-c2ccccc2)n(-c2ccccc2)c2ccccc12. The van der Waals surface area contributed by atoms with E-state index in [9.17, 15) is 5.11 Å². The quantitative estimate of drug-likeness (QED) is 0.534. The van der Waals surface area contributed by atoms with E-state index in [1.54, 1.807) is 0 Å². The lowest BCUT2D eigenvalue weighted by molar-refractivity contribution is 0.289. The van der Waals surface area contributed by atoms with Crippen LogP contribution in [-0.4, -0.2) is 16.3 Å². The Hall–Kier alpha value is -2.84. The van der Waals surface area contributed by atoms with Crippen LogP contribution >= 0.6 is 0 Å². The molecule has 1 aromatic heterocycles. The Bertz CT molecular complexity index is 971. The Morgan fingerprint density at radius 1 is 0.720 bits per heavy atom. The lowest BCUT2D eigenvalue weighted by Crippen LogP contribution is -1.99. The average Bonchev–Trinajstić information content (AvgIpc) is 3.02. The summed E-state index contributed by atoms with van der Waals surface area (Å²) in [6.07, 6.45) is 1.63. The van der Waals surface area contributed by atoms with Crippen LogP contribution in [0, 0.1) is 0 Å². The van der Waals surface area contributed by atoms with Crippen LogP contribution < -0.4 is 0 Å². The van der Waals surface area contributed by atoms with E-state index in [1.165, 1.54) is 27.7 Å². The minimum atomic E-state index is 0.207. The smallest absolute Gasteiger partial charge is 0.0573 e. The zero-order chi connectivity index (χ0) is 17.1. The van der Waals surface area contributed by atoms with Crippen LogP contribution in [0.4, 0.5) is 0 Å². The van der Waals surface area contributed by atoms with Crippen molar-refractivity contribution in [2.24, 2.45) is 0 Å². The van der Waals surface area contributed by atoms with Crippen molar-refractivity contribution in [1.82, 2.24) is 4.57 Å². The molecule has 4 rings (SSSR count). The van der Waals surface area contributed by atoms with Gasteiger partial charge in [0.05, 0.1) is 11.2 Å². The minimum absolute atomic E-state index is 0.207. The Morgan fingerprint density at radius 2 is 1.36 bits per heavy atom. The first-order valence-corrected chi connectivity index (χ1v) is 8.74. The normalized spacial score (nSPS) is 11.1. The molecular formula is C23H21NO. The van der Waals surface area contributed by atoms with Gasteiger partial charge in [0.1, 0.15) is 0 Å². The van der Waals surface area contributed by atoms with Crippen molar-refractivity contribution in [3.05, 3.63) is 90.5 Å². The summed E-state index contributed by atoms with van der Waals surface area (Å²) in [5.74, 6) is 0. The van der Waals surface area contributed by atoms with Gasteiger partial charge < -0.3 is 9.67 Å². The third kappa shape index (κ3) is 2.86. The fourth-order valence-electron chi connectivity index (χ4n) is 3.56. The third-order valence-electron chi connectivity index (χ3n) is 4.63. The molecule has 0 aliphatic heterocycles. The number of nitrogens with zero attached hydrogens (tertiary/aromatic N) is 1. The number of aryl methyl sites for hydroxylation is 1. The highest BCUT2D eigenvalue weighted by Crippen LogP contribution is 2.37. The number of hydrogen-bond donors (Lipinski definition) is 1. The average molecular weight is 327 g/mol. The molecule has 0 aliphatic rings. The Labute approximate surface area is 148 Å². The summed E-state index contributed by atoms with van der Waals surface area (Å²) >= 11 is 0. The van der Waals surface area contributed by atoms with E-state index < -0.39 is 0 Å². The largest absolute Gasteiger partial charge is 0.396 e. The summed E-state index contributed by atoms with van der Waals surface area (Å²) in [4.78, 5) is 0. The van der Waals surface area contributed by atoms with Crippen LogP contribution in [0.1, 0.15) is 12.0 Å². The van der Waals surface area contributed by atoms with Gasteiger partial charge in [0.2, 0.25) is 0 Å². The topological polar surface area (TPSA) is 25.2 Å². The Morgan fingerprint density at radius 3 is 2.08 bits per heavy atom. The molecule has 0 unspecified atom stereocenters. The molecule has 1 N–H and O–H groups in total. The molecule has 0 aliphatic carbocycles. The number of para-hydroxylation sites is 2. The molecule has 1 heterocycles. The van der Waals surface area contributed by atoms with Crippen molar-refractivity contribution in [2.75, 3.05) is 6.61 Å². The number of hydrogen-bond acceptors (Lipinski definition) is 1. The van der Waals surface area contributed by atoms with Crippen molar-refractivity contribution in [1.29, 1.82) is 0 Å². The molecule has 0 spiro atoms. The molecule has 0 bridgehead atoms. The van der Waals surface area contributed by atoms with E-state index in [1.807, 2.05) is 12.1 Å². The summed E-state index contributed by atoms with van der Waals surface area (Å²) in [5.41, 5.74) is 6.10. The zero-order valence-corrected chi connectivity index (χ0v) is 14.1. The molecule has 0 radical (unpaired) electrons. The molecular weight excluding hydrogens is 306 g/mol. The number of rotatable bonds is 5. The zero-order valence-electron chi connectivity index (χ0n) is 14.1. The van der Waals surface area contributed by atoms with Gasteiger partial charge in [-0.05, 0) is 42.2 Å². The second-order valence-electron chi connectivity index (χ2n) is 6.21. The molecule has 25 heavy (non-hydrogen) atoms. The lowest BCUT2D eigenvalue weighted by Gasteiger charge is -2.13. The van der Waals surface area contributed by atoms with Gasteiger partial charge in [0, 0.05) is 17.7 Å². The van der Waals surface area contributed by atoms with E-state index in [2.05, 4.69) is 77.4 Å². The summed E-state index contributed by atoms with van der Waals surface area (Å²) in [5, 5.41) is 10.6. The van der Waals surface area contributed by atoms with E-state index in [0.717, 1.165) is 18.5 Å². The van der Waals surface area contributed by atoms with E-state index in [-0.39, 0.29) is 6.61 Å². The molecule has 0 saturated heterocycles. The summed E-state index contributed by atoms with van der Waals surface area (Å²) in [7, 11) is 0. The minimum Gasteiger partial charge on any atom is -0.396 e. The monoisotopic (exact) mass is 327 g/mol. The third-order valence-corrected chi connectivity index (χ3v) is 4.63. The highest BCUT2D eigenvalue weighted by Gasteiger charge is 2.18. The van der Waals surface area contributed by atoms with E-state index in [4.69, 9.17) is 0 Å². The molecule has 0 amide bonds. The van der Waals surface area contributed by atoms with Crippen LogP contribution in [-0.2, 0) is 6.42 Å². The van der Waals surface area contributed by atoms with E-state index >= 15 is 0 Å². The van der Waals surface area contributed by atoms with Crippen molar-refractivity contribution in [2.45, 2.75) is 12.8 Å². The maximum atomic E-state index is 9.38. The van der Waals surface area contributed by atoms with Gasteiger partial charge in [-0.3, -0.25) is 0 Å². The first kappa shape index (κ1) is 15.7. The number of benzene rings is 3. The number of aliphatic hydroxyl groups is 1. The maximum Gasteiger partial charge on any atom is 0.0573 e. The molecule has 2 nitrogen and oxygen atoms in total. The van der Waals surface area contributed by atoms with Crippen molar-refractivity contribution in [3.8, 4) is 16.9 Å². The van der Waals surface area contributed by atoms with Crippen LogP contribution in [0.15, 0.2) is 84.9 Å². The van der Waals surface area contributed by atoms with Crippen LogP contribution in [0.5, 0.6) is 0 Å². The fourth-order valence-corrected chi connectivity index (χ4v) is 3.56. The predicted molar refractivity (Wildman–Crippen MR) is 104 cm³/mol. The molecule has 0 saturated carbocycles. The Kier molecular flexibility index (Phi) is 4.36. The van der Waals surface area contributed by atoms with Crippen molar-refractivity contribution >= 4 is 10.9 Å². The van der Waals surface area contributed by atoms with Gasteiger partial charge >= 0.3 is 0 Å². The van der Waals surface area contributed by atoms with Crippen LogP contribution in [0.25, 0.3) is 27.8 Å². The van der Waals surface area contributed by atoms with Gasteiger partial charge in [-0.1, -0.05) is 66.7 Å². The fraction of sp³-hybridized carbons (Fsp3) is 0.130. The molecule has 3 aromatic carbocycles. The van der Waals surface area contributed by atoms with Gasteiger partial charge in [-0.15, -0.1) is 0 Å². The molecule has 4 aromatic rings. The first-order chi connectivity index (χ1) is 12.4. The maximum absolute atomic E-state index is 9.38. The molecule has 124 valence electrons. The van der Waals surface area contributed by atoms with Gasteiger partial charge in [0.15, 0.2) is 0 Å². The number of aliphatic hydroxyl groups excluding tert-OH is 1. The highest BCUT2D eigenvalue weighted by atomic mass is 16.2.